The topological polar surface area (TPSA) is 149 Å². The van der Waals surface area contributed by atoms with Crippen LogP contribution in [-0.4, -0.2) is 65.7 Å². The Kier molecular flexibility index (Phi) is 42.9. The largest absolute Gasteiger partial charge is 0.472 e. The van der Waals surface area contributed by atoms with Gasteiger partial charge in [-0.15, -0.1) is 0 Å². The van der Waals surface area contributed by atoms with Crippen LogP contribution in [0, 0.1) is 0 Å². The Hall–Kier alpha value is -1.81. The van der Waals surface area contributed by atoms with Gasteiger partial charge in [-0.25, -0.2) is 4.57 Å². The van der Waals surface area contributed by atoms with Gasteiger partial charge < -0.3 is 24.6 Å². The van der Waals surface area contributed by atoms with Crippen LogP contribution in [0.5, 0.6) is 0 Å². The number of esters is 2. The molecular formula is C48H89O10P. The molecule has 0 radical (unpaired) electrons. The number of carbonyl (C=O) groups excluding carboxylic acids is 2. The molecule has 11 heteroatoms. The minimum absolute atomic E-state index is 0.122. The third-order valence-electron chi connectivity index (χ3n) is 10.2. The van der Waals surface area contributed by atoms with Crippen molar-refractivity contribution in [3.05, 3.63) is 36.5 Å². The number of aliphatic hydroxyl groups excluding tert-OH is 2. The van der Waals surface area contributed by atoms with Gasteiger partial charge in [-0.3, -0.25) is 18.6 Å². The molecule has 0 spiro atoms. The first-order valence-electron chi connectivity index (χ1n) is 23.9. The van der Waals surface area contributed by atoms with E-state index in [-0.39, 0.29) is 19.4 Å². The van der Waals surface area contributed by atoms with Crippen LogP contribution in [-0.2, 0) is 32.7 Å². The number of rotatable bonds is 45. The van der Waals surface area contributed by atoms with Crippen LogP contribution in [0.2, 0.25) is 0 Å². The standard InChI is InChI=1S/C48H89O10P/c1-3-5-7-9-11-13-15-17-18-19-20-21-22-23-24-25-26-28-30-32-34-36-38-40-48(52)58-46(44-57-59(53,54)56-42-45(50)41-49)43-55-47(51)39-37-35-33-31-29-27-16-14-12-10-8-6-4-2/h25-27,29,32,34,45-46,49-50H,3-24,28,30-31,33,35-44H2,1-2H3,(H,53,54)/b26-25+,29-27+,34-32+/t45-,46+/m0/s1. The minimum atomic E-state index is -4.63. The molecule has 0 aliphatic carbocycles. The highest BCUT2D eigenvalue weighted by Crippen LogP contribution is 2.43. The molecule has 0 aromatic rings. The second-order valence-corrected chi connectivity index (χ2v) is 17.6. The Morgan fingerprint density at radius 3 is 1.32 bits per heavy atom. The summed E-state index contributed by atoms with van der Waals surface area (Å²) in [6.45, 7) is 2.33. The van der Waals surface area contributed by atoms with E-state index in [2.05, 4.69) is 54.8 Å². The Morgan fingerprint density at radius 1 is 0.492 bits per heavy atom. The number of allylic oxidation sites excluding steroid dienone is 6. The average molecular weight is 857 g/mol. The molecule has 0 rings (SSSR count). The van der Waals surface area contributed by atoms with Gasteiger partial charge in [-0.2, -0.15) is 0 Å². The van der Waals surface area contributed by atoms with Crippen LogP contribution in [0.1, 0.15) is 219 Å². The van der Waals surface area contributed by atoms with Crippen LogP contribution in [0.15, 0.2) is 36.5 Å². The molecule has 0 saturated carbocycles. The van der Waals surface area contributed by atoms with E-state index >= 15 is 0 Å². The normalized spacial score (nSPS) is 14.1. The minimum Gasteiger partial charge on any atom is -0.462 e. The molecule has 346 valence electrons. The molecule has 3 N–H and O–H groups in total. The number of unbranched alkanes of at least 4 members (excludes halogenated alkanes) is 25. The zero-order valence-corrected chi connectivity index (χ0v) is 38.6. The molecule has 1 unspecified atom stereocenters. The number of phosphoric acid groups is 1. The van der Waals surface area contributed by atoms with Gasteiger partial charge in [0, 0.05) is 12.8 Å². The summed E-state index contributed by atoms with van der Waals surface area (Å²) >= 11 is 0. The summed E-state index contributed by atoms with van der Waals surface area (Å²) in [5.74, 6) is -0.989. The highest BCUT2D eigenvalue weighted by atomic mass is 31.2. The monoisotopic (exact) mass is 857 g/mol. The molecule has 0 aliphatic rings. The SMILES string of the molecule is CCCCCCCC/C=C/CCCCCC(=O)OC[C@H](COP(=O)(O)OC[C@@H](O)CO)OC(=O)CCC/C=C/CC/C=C/CCCCCCCCCCCCCCCC. The van der Waals surface area contributed by atoms with Crippen molar-refractivity contribution in [3.63, 3.8) is 0 Å². The fraction of sp³-hybridized carbons (Fsp3) is 0.833. The third kappa shape index (κ3) is 44.1. The van der Waals surface area contributed by atoms with Gasteiger partial charge in [-0.1, -0.05) is 172 Å². The number of hydrogen-bond acceptors (Lipinski definition) is 9. The first-order valence-corrected chi connectivity index (χ1v) is 25.4. The maximum Gasteiger partial charge on any atom is 0.472 e. The van der Waals surface area contributed by atoms with Gasteiger partial charge in [0.15, 0.2) is 6.10 Å². The molecule has 0 bridgehead atoms. The van der Waals surface area contributed by atoms with Crippen molar-refractivity contribution in [2.45, 2.75) is 232 Å². The Labute approximate surface area is 361 Å². The van der Waals surface area contributed by atoms with Crippen LogP contribution in [0.3, 0.4) is 0 Å². The second-order valence-electron chi connectivity index (χ2n) is 16.1. The summed E-state index contributed by atoms with van der Waals surface area (Å²) < 4.78 is 32.7. The van der Waals surface area contributed by atoms with Crippen molar-refractivity contribution >= 4 is 19.8 Å². The molecule has 10 nitrogen and oxygen atoms in total. The van der Waals surface area contributed by atoms with Crippen molar-refractivity contribution in [1.82, 2.24) is 0 Å². The van der Waals surface area contributed by atoms with Crippen molar-refractivity contribution in [3.8, 4) is 0 Å². The Morgan fingerprint density at radius 2 is 0.864 bits per heavy atom. The lowest BCUT2D eigenvalue weighted by atomic mass is 10.0. The van der Waals surface area contributed by atoms with E-state index in [1.165, 1.54) is 128 Å². The molecule has 0 amide bonds. The first-order chi connectivity index (χ1) is 28.7. The lowest BCUT2D eigenvalue weighted by molar-refractivity contribution is -0.161. The van der Waals surface area contributed by atoms with E-state index in [1.807, 2.05) is 0 Å². The lowest BCUT2D eigenvalue weighted by Crippen LogP contribution is -2.29. The van der Waals surface area contributed by atoms with E-state index in [9.17, 15) is 24.2 Å². The molecule has 0 aromatic heterocycles. The second kappa shape index (κ2) is 44.3. The van der Waals surface area contributed by atoms with Crippen LogP contribution in [0.25, 0.3) is 0 Å². The van der Waals surface area contributed by atoms with Crippen molar-refractivity contribution < 1.29 is 47.8 Å². The Bertz CT molecular complexity index is 1080. The third-order valence-corrected chi connectivity index (χ3v) is 11.2. The van der Waals surface area contributed by atoms with E-state index in [4.69, 9.17) is 19.1 Å². The average Bonchev–Trinajstić information content (AvgIpc) is 3.22. The molecule has 3 atom stereocenters. The summed E-state index contributed by atoms with van der Waals surface area (Å²) in [5, 5.41) is 18.3. The smallest absolute Gasteiger partial charge is 0.462 e. The number of aliphatic hydroxyl groups is 2. The van der Waals surface area contributed by atoms with Crippen molar-refractivity contribution in [1.29, 1.82) is 0 Å². The van der Waals surface area contributed by atoms with Crippen molar-refractivity contribution in [2.24, 2.45) is 0 Å². The summed E-state index contributed by atoms with van der Waals surface area (Å²) in [5.41, 5.74) is 0. The fourth-order valence-electron chi connectivity index (χ4n) is 6.54. The van der Waals surface area contributed by atoms with Gasteiger partial charge in [0.2, 0.25) is 0 Å². The van der Waals surface area contributed by atoms with Gasteiger partial charge in [0.05, 0.1) is 19.8 Å². The summed E-state index contributed by atoms with van der Waals surface area (Å²) in [7, 11) is -4.63. The van der Waals surface area contributed by atoms with Gasteiger partial charge >= 0.3 is 19.8 Å². The molecular weight excluding hydrogens is 767 g/mol. The highest BCUT2D eigenvalue weighted by Gasteiger charge is 2.27. The van der Waals surface area contributed by atoms with Crippen molar-refractivity contribution in [2.75, 3.05) is 26.4 Å². The van der Waals surface area contributed by atoms with E-state index < -0.39 is 51.8 Å². The number of phosphoric ester groups is 1. The van der Waals surface area contributed by atoms with Crippen LogP contribution >= 0.6 is 7.82 Å². The molecule has 0 heterocycles. The predicted octanol–water partition coefficient (Wildman–Crippen LogP) is 13.1. The molecule has 0 aliphatic heterocycles. The quantitative estimate of drug-likeness (QED) is 0.0234. The zero-order chi connectivity index (χ0) is 43.3. The van der Waals surface area contributed by atoms with Gasteiger partial charge in [0.1, 0.15) is 12.7 Å². The lowest BCUT2D eigenvalue weighted by Gasteiger charge is -2.20. The molecule has 0 fully saturated rings. The maximum atomic E-state index is 12.6. The fourth-order valence-corrected chi connectivity index (χ4v) is 7.33. The molecule has 0 aromatic carbocycles. The molecule has 0 saturated heterocycles. The predicted molar refractivity (Wildman–Crippen MR) is 242 cm³/mol. The Balaban J connectivity index is 4.25. The highest BCUT2D eigenvalue weighted by molar-refractivity contribution is 7.47. The maximum absolute atomic E-state index is 12.6. The van der Waals surface area contributed by atoms with Gasteiger partial charge in [-0.05, 0) is 70.6 Å². The van der Waals surface area contributed by atoms with E-state index in [0.29, 0.717) is 19.3 Å². The number of hydrogen-bond donors (Lipinski definition) is 3. The van der Waals surface area contributed by atoms with E-state index in [1.54, 1.807) is 0 Å². The van der Waals surface area contributed by atoms with Crippen LogP contribution in [0.4, 0.5) is 0 Å². The summed E-state index contributed by atoms with van der Waals surface area (Å²) in [6, 6.07) is 0. The van der Waals surface area contributed by atoms with E-state index in [0.717, 1.165) is 44.9 Å². The summed E-state index contributed by atoms with van der Waals surface area (Å²) in [6.07, 6.45) is 47.1. The number of ether oxygens (including phenoxy) is 2. The summed E-state index contributed by atoms with van der Waals surface area (Å²) in [4.78, 5) is 35.0. The number of carbonyl (C=O) groups is 2. The first kappa shape index (κ1) is 57.2. The molecule has 59 heavy (non-hydrogen) atoms. The van der Waals surface area contributed by atoms with Crippen LogP contribution < -0.4 is 0 Å². The zero-order valence-electron chi connectivity index (χ0n) is 37.7. The van der Waals surface area contributed by atoms with Gasteiger partial charge in [0.25, 0.3) is 0 Å².